The van der Waals surface area contributed by atoms with E-state index in [-0.39, 0.29) is 47.2 Å². The van der Waals surface area contributed by atoms with Crippen LogP contribution in [0.5, 0.6) is 5.75 Å². The van der Waals surface area contributed by atoms with Crippen molar-refractivity contribution in [3.8, 4) is 5.75 Å². The summed E-state index contributed by atoms with van der Waals surface area (Å²) in [5.74, 6) is -0.879. The lowest BCUT2D eigenvalue weighted by molar-refractivity contribution is -0.384. The number of amides is 2. The van der Waals surface area contributed by atoms with E-state index in [1.807, 2.05) is 0 Å². The van der Waals surface area contributed by atoms with Crippen molar-refractivity contribution in [3.63, 3.8) is 0 Å². The first kappa shape index (κ1) is 21.2. The van der Waals surface area contributed by atoms with Gasteiger partial charge >= 0.3 is 0 Å². The number of methoxy groups -OCH3 is 1. The van der Waals surface area contributed by atoms with E-state index in [1.54, 1.807) is 0 Å². The van der Waals surface area contributed by atoms with Crippen LogP contribution in [0.4, 0.5) is 11.4 Å². The fraction of sp³-hybridized carbons (Fsp3) is 0.222. The molecule has 2 aromatic carbocycles. The first-order valence-electron chi connectivity index (χ1n) is 8.73. The Bertz CT molecular complexity index is 1120. The van der Waals surface area contributed by atoms with Crippen LogP contribution in [0.2, 0.25) is 0 Å². The van der Waals surface area contributed by atoms with E-state index >= 15 is 0 Å². The van der Waals surface area contributed by atoms with E-state index in [4.69, 9.17) is 4.74 Å². The van der Waals surface area contributed by atoms with Crippen molar-refractivity contribution in [3.05, 3.63) is 58.1 Å². The Morgan fingerprint density at radius 1 is 1.27 bits per heavy atom. The standard InChI is InChI=1S/C18H18N4O7S/c1-29-16-6-5-13(22(25)26)10-15(16)20-18(24)12-3-2-4-14(9-12)30(27,28)21-8-7-19-17(23)11-21/h2-6,9-10H,7-8,11H2,1H3,(H,19,23)(H,20,24). The number of piperazine rings is 1. The Balaban J connectivity index is 1.87. The molecule has 3 rings (SSSR count). The average molecular weight is 434 g/mol. The SMILES string of the molecule is COc1ccc([N+](=O)[O-])cc1NC(=O)c1cccc(S(=O)(=O)N2CCNC(=O)C2)c1. The highest BCUT2D eigenvalue weighted by atomic mass is 32.2. The molecule has 0 radical (unpaired) electrons. The van der Waals surface area contributed by atoms with Gasteiger partial charge in [0.1, 0.15) is 5.75 Å². The predicted molar refractivity (Wildman–Crippen MR) is 106 cm³/mol. The number of carbonyl (C=O) groups is 2. The summed E-state index contributed by atoms with van der Waals surface area (Å²) in [7, 11) is -2.63. The summed E-state index contributed by atoms with van der Waals surface area (Å²) in [6, 6.07) is 9.03. The minimum Gasteiger partial charge on any atom is -0.495 e. The van der Waals surface area contributed by atoms with E-state index in [9.17, 15) is 28.1 Å². The number of rotatable bonds is 6. The van der Waals surface area contributed by atoms with Crippen molar-refractivity contribution < 1.29 is 27.7 Å². The molecule has 0 aromatic heterocycles. The monoisotopic (exact) mass is 434 g/mol. The third-order valence-corrected chi connectivity index (χ3v) is 6.22. The fourth-order valence-electron chi connectivity index (χ4n) is 2.87. The van der Waals surface area contributed by atoms with Gasteiger partial charge in [0.2, 0.25) is 15.9 Å². The summed E-state index contributed by atoms with van der Waals surface area (Å²) in [6.45, 7) is 0.0177. The summed E-state index contributed by atoms with van der Waals surface area (Å²) < 4.78 is 31.8. The zero-order valence-corrected chi connectivity index (χ0v) is 16.6. The van der Waals surface area contributed by atoms with E-state index in [0.29, 0.717) is 0 Å². The van der Waals surface area contributed by atoms with E-state index < -0.39 is 26.8 Å². The molecule has 30 heavy (non-hydrogen) atoms. The van der Waals surface area contributed by atoms with Gasteiger partial charge < -0.3 is 15.4 Å². The van der Waals surface area contributed by atoms with E-state index in [0.717, 1.165) is 10.4 Å². The number of sulfonamides is 1. The Hall–Kier alpha value is -3.51. The maximum atomic E-state index is 12.8. The van der Waals surface area contributed by atoms with Gasteiger partial charge in [0, 0.05) is 30.8 Å². The van der Waals surface area contributed by atoms with Crippen LogP contribution in [0, 0.1) is 10.1 Å². The van der Waals surface area contributed by atoms with Crippen LogP contribution < -0.4 is 15.4 Å². The molecule has 2 amide bonds. The van der Waals surface area contributed by atoms with Gasteiger partial charge in [-0.15, -0.1) is 0 Å². The first-order chi connectivity index (χ1) is 14.2. The fourth-order valence-corrected chi connectivity index (χ4v) is 4.31. The Kier molecular flexibility index (Phi) is 5.99. The Morgan fingerprint density at radius 3 is 2.70 bits per heavy atom. The average Bonchev–Trinajstić information content (AvgIpc) is 2.73. The largest absolute Gasteiger partial charge is 0.495 e. The summed E-state index contributed by atoms with van der Waals surface area (Å²) in [6.07, 6.45) is 0. The first-order valence-corrected chi connectivity index (χ1v) is 10.2. The number of nitrogens with one attached hydrogen (secondary N) is 2. The lowest BCUT2D eigenvalue weighted by Crippen LogP contribution is -2.49. The van der Waals surface area contributed by atoms with Crippen molar-refractivity contribution in [1.29, 1.82) is 0 Å². The summed E-state index contributed by atoms with van der Waals surface area (Å²) in [5, 5.41) is 16.0. The van der Waals surface area contributed by atoms with Gasteiger partial charge in [0.25, 0.3) is 11.6 Å². The summed E-state index contributed by atoms with van der Waals surface area (Å²) in [5.41, 5.74) is -0.158. The maximum Gasteiger partial charge on any atom is 0.271 e. The highest BCUT2D eigenvalue weighted by Crippen LogP contribution is 2.29. The minimum atomic E-state index is -3.98. The Morgan fingerprint density at radius 2 is 2.03 bits per heavy atom. The molecule has 12 heteroatoms. The lowest BCUT2D eigenvalue weighted by Gasteiger charge is -2.26. The smallest absolute Gasteiger partial charge is 0.271 e. The second kappa shape index (κ2) is 8.47. The van der Waals surface area contributed by atoms with E-state index in [2.05, 4.69) is 10.6 Å². The van der Waals surface area contributed by atoms with Gasteiger partial charge in [-0.05, 0) is 24.3 Å². The molecule has 2 N–H and O–H groups in total. The van der Waals surface area contributed by atoms with Crippen LogP contribution in [0.15, 0.2) is 47.4 Å². The topological polar surface area (TPSA) is 148 Å². The maximum absolute atomic E-state index is 12.8. The number of hydrogen-bond acceptors (Lipinski definition) is 7. The lowest BCUT2D eigenvalue weighted by atomic mass is 10.2. The second-order valence-corrected chi connectivity index (χ2v) is 8.25. The molecule has 0 spiro atoms. The quantitative estimate of drug-likeness (QED) is 0.508. The van der Waals surface area contributed by atoms with Gasteiger partial charge in [-0.1, -0.05) is 6.07 Å². The van der Waals surface area contributed by atoms with Crippen molar-refractivity contribution in [2.75, 3.05) is 32.1 Å². The second-order valence-electron chi connectivity index (χ2n) is 6.31. The van der Waals surface area contributed by atoms with Crippen LogP contribution >= 0.6 is 0 Å². The van der Waals surface area contributed by atoms with Crippen LogP contribution in [-0.2, 0) is 14.8 Å². The van der Waals surface area contributed by atoms with Crippen molar-refractivity contribution >= 4 is 33.2 Å². The molecule has 0 atom stereocenters. The third kappa shape index (κ3) is 4.39. The molecule has 1 aliphatic heterocycles. The van der Waals surface area contributed by atoms with Crippen LogP contribution in [0.3, 0.4) is 0 Å². The predicted octanol–water partition coefficient (Wildman–Crippen LogP) is 0.976. The molecule has 0 bridgehead atoms. The number of non-ortho nitro benzene ring substituents is 1. The number of nitro groups is 1. The minimum absolute atomic E-state index is 0.0195. The molecule has 1 aliphatic rings. The van der Waals surface area contributed by atoms with Crippen LogP contribution in [-0.4, -0.2) is 56.2 Å². The zero-order chi connectivity index (χ0) is 21.9. The molecular formula is C18H18N4O7S. The van der Waals surface area contributed by atoms with Gasteiger partial charge in [-0.2, -0.15) is 4.31 Å². The summed E-state index contributed by atoms with van der Waals surface area (Å²) >= 11 is 0. The number of nitro benzene ring substituents is 1. The van der Waals surface area contributed by atoms with Crippen molar-refractivity contribution in [2.45, 2.75) is 4.90 Å². The molecule has 1 fully saturated rings. The van der Waals surface area contributed by atoms with Crippen molar-refractivity contribution in [2.24, 2.45) is 0 Å². The highest BCUT2D eigenvalue weighted by Gasteiger charge is 2.29. The highest BCUT2D eigenvalue weighted by molar-refractivity contribution is 7.89. The molecule has 1 heterocycles. The molecule has 1 saturated heterocycles. The van der Waals surface area contributed by atoms with Crippen molar-refractivity contribution in [1.82, 2.24) is 9.62 Å². The van der Waals surface area contributed by atoms with Gasteiger partial charge in [-0.3, -0.25) is 19.7 Å². The van der Waals surface area contributed by atoms with Crippen LogP contribution in [0.25, 0.3) is 0 Å². The molecule has 0 saturated carbocycles. The van der Waals surface area contributed by atoms with Gasteiger partial charge in [0.15, 0.2) is 0 Å². The molecule has 11 nitrogen and oxygen atoms in total. The molecule has 158 valence electrons. The Labute approximate surface area is 171 Å². The number of benzene rings is 2. The van der Waals surface area contributed by atoms with E-state index in [1.165, 1.54) is 43.5 Å². The third-order valence-electron chi connectivity index (χ3n) is 4.38. The van der Waals surface area contributed by atoms with Crippen LogP contribution in [0.1, 0.15) is 10.4 Å². The summed E-state index contributed by atoms with van der Waals surface area (Å²) in [4.78, 5) is 34.4. The van der Waals surface area contributed by atoms with Gasteiger partial charge in [-0.25, -0.2) is 8.42 Å². The number of ether oxygens (including phenoxy) is 1. The zero-order valence-electron chi connectivity index (χ0n) is 15.8. The van der Waals surface area contributed by atoms with Gasteiger partial charge in [0.05, 0.1) is 29.2 Å². The molecular weight excluding hydrogens is 416 g/mol. The number of nitrogens with zero attached hydrogens (tertiary/aromatic N) is 2. The number of carbonyl (C=O) groups excluding carboxylic acids is 2. The molecule has 0 unspecified atom stereocenters. The molecule has 0 aliphatic carbocycles. The molecule has 2 aromatic rings. The number of hydrogen-bond donors (Lipinski definition) is 2. The number of anilines is 1. The normalized spacial score (nSPS) is 14.6.